The normalized spacial score (nSPS) is 25.6. The van der Waals surface area contributed by atoms with Crippen LogP contribution >= 0.6 is 45.2 Å². The van der Waals surface area contributed by atoms with Gasteiger partial charge in [-0.1, -0.05) is 61.2 Å². The molecule has 0 fully saturated rings. The highest BCUT2D eigenvalue weighted by atomic mass is 127. The van der Waals surface area contributed by atoms with Crippen molar-refractivity contribution < 1.29 is 0 Å². The van der Waals surface area contributed by atoms with Gasteiger partial charge >= 0.3 is 0 Å². The SMILES string of the molecule is C=C(I)/C=C\C1=CC(C)(C)C(CCI)/C1=C\C. The third-order valence-corrected chi connectivity index (χ3v) is 4.27. The molecular weight excluding hydrogens is 434 g/mol. The van der Waals surface area contributed by atoms with Gasteiger partial charge in [-0.2, -0.15) is 0 Å². The summed E-state index contributed by atoms with van der Waals surface area (Å²) in [5, 5.41) is 0. The molecule has 1 aliphatic carbocycles. The molecule has 0 N–H and O–H groups in total. The molecule has 1 rings (SSSR count). The second-order valence-corrected chi connectivity index (χ2v) is 7.44. The van der Waals surface area contributed by atoms with E-state index in [2.05, 4.69) is 96.8 Å². The van der Waals surface area contributed by atoms with E-state index in [1.165, 1.54) is 22.0 Å². The van der Waals surface area contributed by atoms with Gasteiger partial charge in [-0.05, 0) is 64.5 Å². The van der Waals surface area contributed by atoms with E-state index in [4.69, 9.17) is 0 Å². The molecule has 1 aliphatic rings. The number of hydrogen-bond donors (Lipinski definition) is 0. The molecule has 0 aromatic carbocycles. The van der Waals surface area contributed by atoms with Gasteiger partial charge in [0.2, 0.25) is 0 Å². The fourth-order valence-corrected chi connectivity index (χ4v) is 3.32. The van der Waals surface area contributed by atoms with Gasteiger partial charge in [-0.25, -0.2) is 0 Å². The van der Waals surface area contributed by atoms with Crippen LogP contribution in [0.25, 0.3) is 0 Å². The van der Waals surface area contributed by atoms with Crippen molar-refractivity contribution in [2.24, 2.45) is 11.3 Å². The average molecular weight is 454 g/mol. The molecule has 0 aromatic rings. The summed E-state index contributed by atoms with van der Waals surface area (Å²) in [6.45, 7) is 10.7. The lowest BCUT2D eigenvalue weighted by molar-refractivity contribution is 0.343. The maximum atomic E-state index is 3.91. The van der Waals surface area contributed by atoms with Crippen LogP contribution in [0.15, 0.2) is 45.6 Å². The van der Waals surface area contributed by atoms with Crippen LogP contribution in [0.5, 0.6) is 0 Å². The third kappa shape index (κ3) is 3.94. The first kappa shape index (κ1) is 15.5. The molecular formula is C15H20I2. The van der Waals surface area contributed by atoms with Crippen molar-refractivity contribution in [1.29, 1.82) is 0 Å². The zero-order chi connectivity index (χ0) is 13.1. The summed E-state index contributed by atoms with van der Waals surface area (Å²) < 4.78 is 2.29. The van der Waals surface area contributed by atoms with Crippen LogP contribution < -0.4 is 0 Å². The lowest BCUT2D eigenvalue weighted by atomic mass is 9.78. The zero-order valence-electron chi connectivity index (χ0n) is 10.8. The van der Waals surface area contributed by atoms with Crippen LogP contribution in [0.4, 0.5) is 0 Å². The standard InChI is InChI=1S/C15H20I2/c1-5-13-12(7-6-11(2)17)10-15(3,4)14(13)8-9-16/h5-7,10,14H,2,8-9H2,1,3-4H3/b7-6-,13-5-. The summed E-state index contributed by atoms with van der Waals surface area (Å²) in [7, 11) is 0. The Hall–Kier alpha value is 0.420. The molecule has 17 heavy (non-hydrogen) atoms. The quantitative estimate of drug-likeness (QED) is 0.284. The Balaban J connectivity index is 3.03. The van der Waals surface area contributed by atoms with Gasteiger partial charge in [0, 0.05) is 8.01 Å². The van der Waals surface area contributed by atoms with E-state index >= 15 is 0 Å². The van der Waals surface area contributed by atoms with Crippen LogP contribution in [0, 0.1) is 11.3 Å². The zero-order valence-corrected chi connectivity index (χ0v) is 15.1. The first-order valence-corrected chi connectivity index (χ1v) is 8.50. The van der Waals surface area contributed by atoms with Gasteiger partial charge in [-0.3, -0.25) is 0 Å². The van der Waals surface area contributed by atoms with Crippen LogP contribution in [0.3, 0.4) is 0 Å². The van der Waals surface area contributed by atoms with E-state index in [0.29, 0.717) is 5.92 Å². The highest BCUT2D eigenvalue weighted by Gasteiger charge is 2.36. The van der Waals surface area contributed by atoms with Crippen LogP contribution in [-0.2, 0) is 0 Å². The molecule has 0 heterocycles. The Labute approximate surface area is 133 Å². The van der Waals surface area contributed by atoms with E-state index in [1.54, 1.807) is 0 Å². The first-order chi connectivity index (χ1) is 7.92. The minimum atomic E-state index is 0.277. The molecule has 0 nitrogen and oxygen atoms in total. The third-order valence-electron chi connectivity index (χ3n) is 3.29. The molecule has 0 aliphatic heterocycles. The molecule has 1 atom stereocenters. The Kier molecular flexibility index (Phi) is 5.96. The molecule has 0 radical (unpaired) electrons. The van der Waals surface area contributed by atoms with Gasteiger partial charge in [0.1, 0.15) is 0 Å². The number of hydrogen-bond acceptors (Lipinski definition) is 0. The Morgan fingerprint density at radius 3 is 2.65 bits per heavy atom. The number of rotatable bonds is 4. The average Bonchev–Trinajstić information content (AvgIpc) is 2.48. The van der Waals surface area contributed by atoms with Crippen molar-refractivity contribution >= 4 is 45.2 Å². The first-order valence-electron chi connectivity index (χ1n) is 5.90. The van der Waals surface area contributed by atoms with Crippen molar-refractivity contribution in [2.45, 2.75) is 27.2 Å². The highest BCUT2D eigenvalue weighted by molar-refractivity contribution is 14.1. The minimum absolute atomic E-state index is 0.277. The molecule has 0 spiro atoms. The van der Waals surface area contributed by atoms with Crippen molar-refractivity contribution in [3.8, 4) is 0 Å². The number of halogens is 2. The molecule has 0 saturated heterocycles. The molecule has 0 saturated carbocycles. The predicted molar refractivity (Wildman–Crippen MR) is 94.9 cm³/mol. The van der Waals surface area contributed by atoms with Crippen molar-refractivity contribution in [3.05, 3.63) is 45.6 Å². The van der Waals surface area contributed by atoms with Crippen molar-refractivity contribution in [1.82, 2.24) is 0 Å². The van der Waals surface area contributed by atoms with E-state index in [9.17, 15) is 0 Å². The molecule has 1 unspecified atom stereocenters. The van der Waals surface area contributed by atoms with E-state index < -0.39 is 0 Å². The van der Waals surface area contributed by atoms with Crippen LogP contribution in [0.2, 0.25) is 0 Å². The van der Waals surface area contributed by atoms with Gasteiger partial charge in [0.25, 0.3) is 0 Å². The van der Waals surface area contributed by atoms with Gasteiger partial charge in [0.15, 0.2) is 0 Å². The van der Waals surface area contributed by atoms with E-state index in [0.717, 1.165) is 3.58 Å². The summed E-state index contributed by atoms with van der Waals surface area (Å²) in [6.07, 6.45) is 10.2. The Morgan fingerprint density at radius 2 is 2.18 bits per heavy atom. The number of alkyl halides is 1. The molecule has 0 aromatic heterocycles. The molecule has 94 valence electrons. The summed E-state index contributed by atoms with van der Waals surface area (Å²) in [5.74, 6) is 0.659. The van der Waals surface area contributed by atoms with E-state index in [1.807, 2.05) is 0 Å². The van der Waals surface area contributed by atoms with Crippen molar-refractivity contribution in [3.63, 3.8) is 0 Å². The van der Waals surface area contributed by atoms with Crippen LogP contribution in [0.1, 0.15) is 27.2 Å². The van der Waals surface area contributed by atoms with Crippen LogP contribution in [-0.4, -0.2) is 4.43 Å². The van der Waals surface area contributed by atoms with Crippen molar-refractivity contribution in [2.75, 3.05) is 4.43 Å². The fraction of sp³-hybridized carbons (Fsp3) is 0.467. The van der Waals surface area contributed by atoms with E-state index in [-0.39, 0.29) is 5.41 Å². The summed E-state index contributed by atoms with van der Waals surface area (Å²) >= 11 is 4.73. The second kappa shape index (κ2) is 6.55. The van der Waals surface area contributed by atoms with Gasteiger partial charge in [-0.15, -0.1) is 0 Å². The monoisotopic (exact) mass is 454 g/mol. The predicted octanol–water partition coefficient (Wildman–Crippen LogP) is 5.85. The second-order valence-electron chi connectivity index (χ2n) is 4.98. The maximum Gasteiger partial charge on any atom is 0.00581 e. The topological polar surface area (TPSA) is 0 Å². The smallest absolute Gasteiger partial charge is 0.00581 e. The largest absolute Gasteiger partial charge is 0.0864 e. The summed E-state index contributed by atoms with van der Waals surface area (Å²) in [4.78, 5) is 0. The highest BCUT2D eigenvalue weighted by Crippen LogP contribution is 2.47. The van der Waals surface area contributed by atoms with Gasteiger partial charge in [0.05, 0.1) is 0 Å². The summed E-state index contributed by atoms with van der Waals surface area (Å²) in [5.41, 5.74) is 3.16. The Bertz CT molecular complexity index is 384. The van der Waals surface area contributed by atoms with Gasteiger partial charge < -0.3 is 0 Å². The lowest BCUT2D eigenvalue weighted by Gasteiger charge is -2.26. The molecule has 0 amide bonds. The summed E-state index contributed by atoms with van der Waals surface area (Å²) in [6, 6.07) is 0. The minimum Gasteiger partial charge on any atom is -0.0864 e. The number of allylic oxidation sites excluding steroid dienone is 7. The molecule has 0 bridgehead atoms. The molecule has 2 heteroatoms. The fourth-order valence-electron chi connectivity index (χ4n) is 2.52. The lowest BCUT2D eigenvalue weighted by Crippen LogP contribution is -2.19. The maximum absolute atomic E-state index is 3.91. The Morgan fingerprint density at radius 1 is 1.53 bits per heavy atom.